The fourth-order valence-electron chi connectivity index (χ4n) is 3.00. The average Bonchev–Trinajstić information content (AvgIpc) is 2.72. The SMILES string of the molecule is CC1C#Cc2oc(=O)ccc2C(c2ccc(CN(C)C)cc2)=C1[N+](=O)[O-]. The highest BCUT2D eigenvalue weighted by Gasteiger charge is 2.30. The van der Waals surface area contributed by atoms with Crippen LogP contribution in [0.25, 0.3) is 5.57 Å². The Balaban J connectivity index is 2.22. The number of rotatable bonds is 4. The van der Waals surface area contributed by atoms with Crippen molar-refractivity contribution in [3.05, 3.63) is 85.1 Å². The van der Waals surface area contributed by atoms with E-state index in [0.29, 0.717) is 16.7 Å². The standard InChI is InChI=1S/C20H18N2O4/c1-13-4-10-17-16(9-11-18(23)26-17)19(20(13)22(24)25)15-7-5-14(6-8-15)12-21(2)3/h5-9,11,13H,12H2,1-3H3. The summed E-state index contributed by atoms with van der Waals surface area (Å²) in [5.74, 6) is 5.14. The Kier molecular flexibility index (Phi) is 4.74. The van der Waals surface area contributed by atoms with Gasteiger partial charge in [-0.3, -0.25) is 10.1 Å². The van der Waals surface area contributed by atoms with Crippen molar-refractivity contribution in [3.8, 4) is 11.8 Å². The second-order valence-electron chi connectivity index (χ2n) is 6.44. The third-order valence-electron chi connectivity index (χ3n) is 4.11. The van der Waals surface area contributed by atoms with E-state index in [1.807, 2.05) is 43.3 Å². The van der Waals surface area contributed by atoms with Crippen molar-refractivity contribution in [3.63, 3.8) is 0 Å². The van der Waals surface area contributed by atoms with Crippen molar-refractivity contribution < 1.29 is 9.34 Å². The lowest BCUT2D eigenvalue weighted by Gasteiger charge is -2.13. The van der Waals surface area contributed by atoms with E-state index < -0.39 is 16.5 Å². The normalized spacial score (nSPS) is 15.9. The minimum absolute atomic E-state index is 0.00505. The third-order valence-corrected chi connectivity index (χ3v) is 4.11. The maximum absolute atomic E-state index is 11.8. The van der Waals surface area contributed by atoms with Crippen molar-refractivity contribution >= 4 is 5.57 Å². The van der Waals surface area contributed by atoms with Crippen molar-refractivity contribution in [2.45, 2.75) is 13.5 Å². The first-order chi connectivity index (χ1) is 12.4. The topological polar surface area (TPSA) is 76.6 Å². The summed E-state index contributed by atoms with van der Waals surface area (Å²) in [5.41, 5.74) is 2.15. The van der Waals surface area contributed by atoms with Crippen LogP contribution in [0.5, 0.6) is 0 Å². The summed E-state index contributed by atoms with van der Waals surface area (Å²) in [6.45, 7) is 2.45. The van der Waals surface area contributed by atoms with Crippen LogP contribution in [0, 0.1) is 27.9 Å². The summed E-state index contributed by atoms with van der Waals surface area (Å²) in [5, 5.41) is 11.8. The molecule has 3 rings (SSSR count). The zero-order valence-electron chi connectivity index (χ0n) is 14.8. The molecule has 1 aromatic heterocycles. The molecule has 1 atom stereocenters. The van der Waals surface area contributed by atoms with Gasteiger partial charge in [0.15, 0.2) is 5.76 Å². The van der Waals surface area contributed by atoms with Crippen LogP contribution in [0.1, 0.15) is 29.4 Å². The molecule has 1 aromatic carbocycles. The molecule has 1 aliphatic carbocycles. The van der Waals surface area contributed by atoms with Crippen molar-refractivity contribution in [2.75, 3.05) is 14.1 Å². The first-order valence-electron chi connectivity index (χ1n) is 8.15. The summed E-state index contributed by atoms with van der Waals surface area (Å²) < 4.78 is 5.19. The van der Waals surface area contributed by atoms with E-state index in [2.05, 4.69) is 11.8 Å². The number of nitro groups is 1. The van der Waals surface area contributed by atoms with Crippen LogP contribution in [-0.2, 0) is 6.54 Å². The van der Waals surface area contributed by atoms with Crippen molar-refractivity contribution in [2.24, 2.45) is 5.92 Å². The van der Waals surface area contributed by atoms with Crippen LogP contribution in [-0.4, -0.2) is 23.9 Å². The molecule has 26 heavy (non-hydrogen) atoms. The lowest BCUT2D eigenvalue weighted by atomic mass is 9.92. The van der Waals surface area contributed by atoms with Gasteiger partial charge < -0.3 is 9.32 Å². The number of hydrogen-bond acceptors (Lipinski definition) is 5. The van der Waals surface area contributed by atoms with Gasteiger partial charge in [0.1, 0.15) is 5.92 Å². The van der Waals surface area contributed by atoms with Gasteiger partial charge in [-0.25, -0.2) is 4.79 Å². The van der Waals surface area contributed by atoms with Crippen LogP contribution in [0.4, 0.5) is 0 Å². The summed E-state index contributed by atoms with van der Waals surface area (Å²) in [6.07, 6.45) is 0. The van der Waals surface area contributed by atoms with Gasteiger partial charge in [0, 0.05) is 18.2 Å². The van der Waals surface area contributed by atoms with Crippen LogP contribution >= 0.6 is 0 Å². The van der Waals surface area contributed by atoms with E-state index in [0.717, 1.165) is 12.1 Å². The second kappa shape index (κ2) is 6.98. The number of nitrogens with zero attached hydrogens (tertiary/aromatic N) is 2. The molecule has 0 spiro atoms. The number of hydrogen-bond donors (Lipinski definition) is 0. The van der Waals surface area contributed by atoms with Crippen LogP contribution in [0.2, 0.25) is 0 Å². The molecule has 0 N–H and O–H groups in total. The van der Waals surface area contributed by atoms with Gasteiger partial charge in [-0.2, -0.15) is 0 Å². The van der Waals surface area contributed by atoms with E-state index in [4.69, 9.17) is 4.42 Å². The average molecular weight is 350 g/mol. The molecule has 1 unspecified atom stereocenters. The zero-order valence-corrected chi connectivity index (χ0v) is 14.8. The van der Waals surface area contributed by atoms with E-state index in [-0.39, 0.29) is 11.5 Å². The molecule has 6 nitrogen and oxygen atoms in total. The van der Waals surface area contributed by atoms with Gasteiger partial charge in [-0.05, 0) is 44.1 Å². The van der Waals surface area contributed by atoms with Crippen LogP contribution < -0.4 is 5.63 Å². The summed E-state index contributed by atoms with van der Waals surface area (Å²) >= 11 is 0. The predicted molar refractivity (Wildman–Crippen MR) is 97.9 cm³/mol. The molecule has 132 valence electrons. The predicted octanol–water partition coefficient (Wildman–Crippen LogP) is 2.74. The largest absolute Gasteiger partial charge is 0.413 e. The van der Waals surface area contributed by atoms with Crippen LogP contribution in [0.15, 0.2) is 51.3 Å². The molecule has 0 bridgehead atoms. The van der Waals surface area contributed by atoms with Gasteiger partial charge in [-0.15, -0.1) is 0 Å². The summed E-state index contributed by atoms with van der Waals surface area (Å²) in [7, 11) is 3.95. The Hall–Kier alpha value is -3.17. The lowest BCUT2D eigenvalue weighted by Crippen LogP contribution is -2.12. The fraction of sp³-hybridized carbons (Fsp3) is 0.250. The summed E-state index contributed by atoms with van der Waals surface area (Å²) in [6, 6.07) is 10.4. The Bertz CT molecular complexity index is 1000. The van der Waals surface area contributed by atoms with E-state index in [1.54, 1.807) is 13.0 Å². The first-order valence-corrected chi connectivity index (χ1v) is 8.15. The molecule has 1 aliphatic rings. The molecule has 6 heteroatoms. The highest BCUT2D eigenvalue weighted by atomic mass is 16.6. The molecule has 1 heterocycles. The maximum atomic E-state index is 11.8. The molecular formula is C20H18N2O4. The molecule has 0 saturated heterocycles. The lowest BCUT2D eigenvalue weighted by molar-refractivity contribution is -0.430. The maximum Gasteiger partial charge on any atom is 0.336 e. The Labute approximate surface area is 150 Å². The number of allylic oxidation sites excluding steroid dienone is 1. The van der Waals surface area contributed by atoms with Crippen molar-refractivity contribution in [1.82, 2.24) is 4.90 Å². The summed E-state index contributed by atoms with van der Waals surface area (Å²) in [4.78, 5) is 25.0. The molecule has 0 amide bonds. The van der Waals surface area contributed by atoms with Gasteiger partial charge in [0.25, 0.3) is 5.70 Å². The van der Waals surface area contributed by atoms with E-state index >= 15 is 0 Å². The Morgan fingerprint density at radius 3 is 2.50 bits per heavy atom. The fourth-order valence-corrected chi connectivity index (χ4v) is 3.00. The van der Waals surface area contributed by atoms with Gasteiger partial charge in [0.2, 0.25) is 0 Å². The highest BCUT2D eigenvalue weighted by molar-refractivity contribution is 5.84. The minimum atomic E-state index is -0.598. The molecular weight excluding hydrogens is 332 g/mol. The minimum Gasteiger partial charge on any atom is -0.413 e. The monoisotopic (exact) mass is 350 g/mol. The first kappa shape index (κ1) is 17.6. The zero-order chi connectivity index (χ0) is 18.8. The number of fused-ring (bicyclic) bond motifs is 1. The molecule has 0 saturated carbocycles. The Morgan fingerprint density at radius 1 is 1.19 bits per heavy atom. The van der Waals surface area contributed by atoms with Gasteiger partial charge in [-0.1, -0.05) is 30.2 Å². The quantitative estimate of drug-likeness (QED) is 0.481. The second-order valence-corrected chi connectivity index (χ2v) is 6.44. The number of benzene rings is 1. The molecule has 0 radical (unpaired) electrons. The third kappa shape index (κ3) is 3.44. The molecule has 2 aromatic rings. The molecule has 0 aliphatic heterocycles. The Morgan fingerprint density at radius 2 is 1.88 bits per heavy atom. The highest BCUT2D eigenvalue weighted by Crippen LogP contribution is 2.34. The van der Waals surface area contributed by atoms with E-state index in [1.165, 1.54) is 6.07 Å². The molecule has 0 fully saturated rings. The van der Waals surface area contributed by atoms with E-state index in [9.17, 15) is 14.9 Å². The van der Waals surface area contributed by atoms with Crippen molar-refractivity contribution in [1.29, 1.82) is 0 Å². The smallest absolute Gasteiger partial charge is 0.336 e. The van der Waals surface area contributed by atoms with Gasteiger partial charge in [0.05, 0.1) is 10.5 Å². The van der Waals surface area contributed by atoms with Gasteiger partial charge >= 0.3 is 5.63 Å². The van der Waals surface area contributed by atoms with Crippen LogP contribution in [0.3, 0.4) is 0 Å².